The van der Waals surface area contributed by atoms with Crippen LogP contribution >= 0.6 is 11.3 Å². The van der Waals surface area contributed by atoms with Crippen molar-refractivity contribution < 1.29 is 9.84 Å². The Morgan fingerprint density at radius 1 is 1.32 bits per heavy atom. The van der Waals surface area contributed by atoms with Crippen molar-refractivity contribution in [3.63, 3.8) is 0 Å². The lowest BCUT2D eigenvalue weighted by Gasteiger charge is -2.33. The van der Waals surface area contributed by atoms with Gasteiger partial charge in [0.25, 0.3) is 0 Å². The number of aliphatic hydroxyl groups is 1. The molecule has 1 aliphatic heterocycles. The highest BCUT2D eigenvalue weighted by molar-refractivity contribution is 7.09. The summed E-state index contributed by atoms with van der Waals surface area (Å²) in [5.74, 6) is 0.874. The van der Waals surface area contributed by atoms with Gasteiger partial charge in [0.15, 0.2) is 0 Å². The van der Waals surface area contributed by atoms with Crippen LogP contribution in [-0.2, 0) is 11.3 Å². The third-order valence-corrected chi connectivity index (χ3v) is 6.14. The zero-order valence-electron chi connectivity index (χ0n) is 16.0. The molecule has 5 heteroatoms. The second kappa shape index (κ2) is 12.0. The quantitative estimate of drug-likeness (QED) is 0.613. The topological polar surface area (TPSA) is 35.9 Å². The summed E-state index contributed by atoms with van der Waals surface area (Å²) in [5.41, 5.74) is 0. The lowest BCUT2D eigenvalue weighted by atomic mass is 9.92. The Balaban J connectivity index is 1.52. The maximum atomic E-state index is 10.2. The highest BCUT2D eigenvalue weighted by Gasteiger charge is 2.21. The van der Waals surface area contributed by atoms with Crippen LogP contribution in [-0.4, -0.2) is 66.9 Å². The van der Waals surface area contributed by atoms with Crippen molar-refractivity contribution in [3.8, 4) is 0 Å². The van der Waals surface area contributed by atoms with E-state index in [0.717, 1.165) is 25.6 Å². The first-order valence-corrected chi connectivity index (χ1v) is 10.8. The zero-order chi connectivity index (χ0) is 17.9. The minimum atomic E-state index is -0.376. The van der Waals surface area contributed by atoms with Crippen LogP contribution in [0, 0.1) is 5.92 Å². The number of piperidine rings is 1. The van der Waals surface area contributed by atoms with Gasteiger partial charge in [-0.25, -0.2) is 0 Å². The van der Waals surface area contributed by atoms with Gasteiger partial charge < -0.3 is 19.6 Å². The van der Waals surface area contributed by atoms with Crippen LogP contribution in [0.1, 0.15) is 44.4 Å². The molecule has 0 unspecified atom stereocenters. The summed E-state index contributed by atoms with van der Waals surface area (Å²) in [5, 5.41) is 12.2. The van der Waals surface area contributed by atoms with Crippen LogP contribution in [0.4, 0.5) is 0 Å². The Labute approximate surface area is 157 Å². The van der Waals surface area contributed by atoms with Crippen molar-refractivity contribution in [2.45, 2.75) is 52.2 Å². The molecule has 1 aromatic rings. The number of ether oxygens (including phenoxy) is 1. The third-order valence-electron chi connectivity index (χ3n) is 5.29. The van der Waals surface area contributed by atoms with Gasteiger partial charge >= 0.3 is 0 Å². The Morgan fingerprint density at radius 2 is 2.08 bits per heavy atom. The second-order valence-corrected chi connectivity index (χ2v) is 8.19. The SMILES string of the molecule is CCN(CC)CCCC1CCN(C[C@H](O)COCc2cccs2)CC1. The molecule has 0 radical (unpaired) electrons. The molecule has 2 rings (SSSR count). The summed E-state index contributed by atoms with van der Waals surface area (Å²) in [7, 11) is 0. The number of likely N-dealkylation sites (tertiary alicyclic amines) is 1. The van der Waals surface area contributed by atoms with E-state index in [4.69, 9.17) is 4.74 Å². The van der Waals surface area contributed by atoms with Crippen molar-refractivity contribution in [3.05, 3.63) is 22.4 Å². The summed E-state index contributed by atoms with van der Waals surface area (Å²) >= 11 is 1.70. The summed E-state index contributed by atoms with van der Waals surface area (Å²) in [6, 6.07) is 4.11. The van der Waals surface area contributed by atoms with Crippen LogP contribution in [0.25, 0.3) is 0 Å². The van der Waals surface area contributed by atoms with Crippen LogP contribution in [0.5, 0.6) is 0 Å². The van der Waals surface area contributed by atoms with Gasteiger partial charge in [-0.05, 0) is 75.8 Å². The molecule has 1 atom stereocenters. The van der Waals surface area contributed by atoms with E-state index >= 15 is 0 Å². The van der Waals surface area contributed by atoms with Crippen molar-refractivity contribution in [2.75, 3.05) is 45.9 Å². The lowest BCUT2D eigenvalue weighted by Crippen LogP contribution is -2.40. The van der Waals surface area contributed by atoms with E-state index < -0.39 is 0 Å². The Morgan fingerprint density at radius 3 is 2.72 bits per heavy atom. The van der Waals surface area contributed by atoms with E-state index in [9.17, 15) is 5.11 Å². The largest absolute Gasteiger partial charge is 0.389 e. The normalized spacial score (nSPS) is 18.1. The van der Waals surface area contributed by atoms with E-state index in [-0.39, 0.29) is 6.10 Å². The average Bonchev–Trinajstić information content (AvgIpc) is 3.13. The van der Waals surface area contributed by atoms with Crippen LogP contribution in [0.15, 0.2) is 17.5 Å². The van der Waals surface area contributed by atoms with Gasteiger partial charge in [0.05, 0.1) is 19.3 Å². The molecule has 2 heterocycles. The number of β-amino-alcohol motifs (C(OH)–C–C–N with tert-alkyl or cyclic N) is 1. The number of rotatable bonds is 12. The fourth-order valence-electron chi connectivity index (χ4n) is 3.64. The first kappa shape index (κ1) is 20.8. The van der Waals surface area contributed by atoms with Crippen LogP contribution in [0.2, 0.25) is 0 Å². The molecular formula is C20H36N2O2S. The molecule has 144 valence electrons. The molecule has 1 saturated heterocycles. The van der Waals surface area contributed by atoms with E-state index in [1.807, 2.05) is 6.07 Å². The summed E-state index contributed by atoms with van der Waals surface area (Å²) < 4.78 is 5.63. The van der Waals surface area contributed by atoms with Gasteiger partial charge in [-0.1, -0.05) is 19.9 Å². The minimum absolute atomic E-state index is 0.376. The van der Waals surface area contributed by atoms with Crippen LogP contribution in [0.3, 0.4) is 0 Å². The molecule has 1 fully saturated rings. The predicted molar refractivity (Wildman–Crippen MR) is 106 cm³/mol. The van der Waals surface area contributed by atoms with Crippen LogP contribution < -0.4 is 0 Å². The average molecular weight is 369 g/mol. The van der Waals surface area contributed by atoms with E-state index in [0.29, 0.717) is 13.2 Å². The maximum Gasteiger partial charge on any atom is 0.0900 e. The summed E-state index contributed by atoms with van der Waals surface area (Å²) in [6.45, 7) is 12.1. The van der Waals surface area contributed by atoms with Crippen molar-refractivity contribution in [1.82, 2.24) is 9.80 Å². The van der Waals surface area contributed by atoms with Gasteiger partial charge in [-0.3, -0.25) is 0 Å². The van der Waals surface area contributed by atoms with E-state index in [1.54, 1.807) is 11.3 Å². The zero-order valence-corrected chi connectivity index (χ0v) is 16.8. The number of aliphatic hydroxyl groups excluding tert-OH is 1. The molecule has 1 N–H and O–H groups in total. The van der Waals surface area contributed by atoms with Crippen molar-refractivity contribution in [1.29, 1.82) is 0 Å². The highest BCUT2D eigenvalue weighted by Crippen LogP contribution is 2.22. The second-order valence-electron chi connectivity index (χ2n) is 7.16. The van der Waals surface area contributed by atoms with Gasteiger partial charge in [-0.15, -0.1) is 11.3 Å². The minimum Gasteiger partial charge on any atom is -0.389 e. The molecule has 0 saturated carbocycles. The molecular weight excluding hydrogens is 332 g/mol. The first-order valence-electron chi connectivity index (χ1n) is 9.94. The number of nitrogens with zero attached hydrogens (tertiary/aromatic N) is 2. The van der Waals surface area contributed by atoms with Crippen molar-refractivity contribution >= 4 is 11.3 Å². The summed E-state index contributed by atoms with van der Waals surface area (Å²) in [6.07, 6.45) is 4.86. The van der Waals surface area contributed by atoms with E-state index in [1.165, 1.54) is 50.2 Å². The maximum absolute atomic E-state index is 10.2. The predicted octanol–water partition coefficient (Wildman–Crippen LogP) is 3.46. The molecule has 0 aromatic carbocycles. The smallest absolute Gasteiger partial charge is 0.0900 e. The standard InChI is InChI=1S/C20H36N2O2S/c1-3-21(4-2)11-5-7-18-9-12-22(13-10-18)15-19(23)16-24-17-20-8-6-14-25-20/h6,8,14,18-19,23H,3-5,7,9-13,15-17H2,1-2H3/t19-/m0/s1. The van der Waals surface area contributed by atoms with E-state index in [2.05, 4.69) is 35.1 Å². The fraction of sp³-hybridized carbons (Fsp3) is 0.800. The Bertz CT molecular complexity index is 429. The van der Waals surface area contributed by atoms with Gasteiger partial charge in [0, 0.05) is 11.4 Å². The van der Waals surface area contributed by atoms with Crippen molar-refractivity contribution in [2.24, 2.45) is 5.92 Å². The molecule has 1 aliphatic rings. The van der Waals surface area contributed by atoms with Gasteiger partial charge in [0.1, 0.15) is 0 Å². The molecule has 0 aliphatic carbocycles. The fourth-order valence-corrected chi connectivity index (χ4v) is 4.28. The molecule has 25 heavy (non-hydrogen) atoms. The van der Waals surface area contributed by atoms with Gasteiger partial charge in [0.2, 0.25) is 0 Å². The first-order chi connectivity index (χ1) is 12.2. The highest BCUT2D eigenvalue weighted by atomic mass is 32.1. The lowest BCUT2D eigenvalue weighted by molar-refractivity contribution is 0.00487. The number of hydrogen-bond donors (Lipinski definition) is 1. The summed E-state index contributed by atoms with van der Waals surface area (Å²) in [4.78, 5) is 6.14. The Kier molecular flexibility index (Phi) is 10.0. The van der Waals surface area contributed by atoms with Gasteiger partial charge in [-0.2, -0.15) is 0 Å². The molecule has 4 nitrogen and oxygen atoms in total. The number of thiophene rings is 1. The molecule has 0 bridgehead atoms. The third kappa shape index (κ3) is 8.18. The molecule has 1 aromatic heterocycles. The number of hydrogen-bond acceptors (Lipinski definition) is 5. The molecule has 0 amide bonds. The molecule has 0 spiro atoms. The Hall–Kier alpha value is -0.460. The monoisotopic (exact) mass is 368 g/mol.